The van der Waals surface area contributed by atoms with E-state index in [2.05, 4.69) is 6.58 Å². The van der Waals surface area contributed by atoms with Crippen molar-refractivity contribution in [3.05, 3.63) is 24.8 Å². The van der Waals surface area contributed by atoms with E-state index in [1.807, 2.05) is 0 Å². The highest BCUT2D eigenvalue weighted by Gasteiger charge is 2.00. The Morgan fingerprint density at radius 1 is 1.58 bits per heavy atom. The number of hydrogen-bond acceptors (Lipinski definition) is 3. The lowest BCUT2D eigenvalue weighted by Crippen LogP contribution is -2.10. The minimum absolute atomic E-state index is 0.0317. The summed E-state index contributed by atoms with van der Waals surface area (Å²) in [5.74, 6) is 0. The highest BCUT2D eigenvalue weighted by molar-refractivity contribution is 4.92. The van der Waals surface area contributed by atoms with Crippen LogP contribution < -0.4 is 0 Å². The molecule has 0 saturated carbocycles. The number of aliphatic hydroxyl groups excluding tert-OH is 1. The molecule has 70 valence electrons. The highest BCUT2D eigenvalue weighted by atomic mass is 16.7. The van der Waals surface area contributed by atoms with E-state index in [1.165, 1.54) is 0 Å². The molecule has 3 nitrogen and oxygen atoms in total. The van der Waals surface area contributed by atoms with Gasteiger partial charge in [0.15, 0.2) is 0 Å². The molecule has 0 fully saturated rings. The molecule has 1 atom stereocenters. The van der Waals surface area contributed by atoms with Crippen molar-refractivity contribution in [2.45, 2.75) is 12.5 Å². The molecule has 0 bridgehead atoms. The molecular formula is C9H16O3. The van der Waals surface area contributed by atoms with Crippen LogP contribution in [0.25, 0.3) is 0 Å². The molecule has 0 aliphatic rings. The van der Waals surface area contributed by atoms with Gasteiger partial charge in [-0.1, -0.05) is 18.2 Å². The average molecular weight is 172 g/mol. The molecule has 0 amide bonds. The van der Waals surface area contributed by atoms with Gasteiger partial charge in [-0.25, -0.2) is 0 Å². The maximum atomic E-state index is 8.51. The first-order valence-corrected chi connectivity index (χ1v) is 3.84. The molecule has 0 aliphatic heterocycles. The fourth-order valence-corrected chi connectivity index (χ4v) is 0.735. The quantitative estimate of drug-likeness (QED) is 0.461. The predicted molar refractivity (Wildman–Crippen MR) is 47.8 cm³/mol. The molecule has 3 heteroatoms. The predicted octanol–water partition coefficient (Wildman–Crippen LogP) is 1.10. The second-order valence-corrected chi connectivity index (χ2v) is 2.25. The summed E-state index contributed by atoms with van der Waals surface area (Å²) in [6.07, 6.45) is 5.88. The normalized spacial score (nSPS) is 13.5. The number of rotatable bonds is 7. The van der Waals surface area contributed by atoms with E-state index in [1.54, 1.807) is 25.3 Å². The summed E-state index contributed by atoms with van der Waals surface area (Å²) in [7, 11) is 1.57. The van der Waals surface area contributed by atoms with E-state index >= 15 is 0 Å². The lowest BCUT2D eigenvalue weighted by molar-refractivity contribution is -0.0542. The number of ether oxygens (including phenoxy) is 2. The smallest absolute Gasteiger partial charge is 0.147 e. The van der Waals surface area contributed by atoms with Gasteiger partial charge in [0.25, 0.3) is 0 Å². The van der Waals surface area contributed by atoms with Crippen molar-refractivity contribution in [2.75, 3.05) is 20.5 Å². The van der Waals surface area contributed by atoms with Gasteiger partial charge in [-0.05, 0) is 6.42 Å². The van der Waals surface area contributed by atoms with Gasteiger partial charge in [0.05, 0.1) is 12.7 Å². The molecule has 12 heavy (non-hydrogen) atoms. The van der Waals surface area contributed by atoms with Gasteiger partial charge in [-0.15, -0.1) is 6.58 Å². The Morgan fingerprint density at radius 3 is 2.83 bits per heavy atom. The molecular weight excluding hydrogens is 156 g/mol. The molecule has 0 rings (SSSR count). The van der Waals surface area contributed by atoms with E-state index in [9.17, 15) is 0 Å². The Balaban J connectivity index is 3.68. The second-order valence-electron chi connectivity index (χ2n) is 2.25. The zero-order valence-electron chi connectivity index (χ0n) is 7.40. The van der Waals surface area contributed by atoms with Crippen LogP contribution in [-0.4, -0.2) is 31.7 Å². The molecule has 0 saturated heterocycles. The molecule has 0 radical (unpaired) electrons. The van der Waals surface area contributed by atoms with Crippen LogP contribution in [0, 0.1) is 0 Å². The highest BCUT2D eigenvalue weighted by Crippen LogP contribution is 2.00. The minimum Gasteiger partial charge on any atom is -0.392 e. The summed E-state index contributed by atoms with van der Waals surface area (Å²) in [6, 6.07) is 0. The molecule has 0 heterocycles. The Hall–Kier alpha value is -0.640. The van der Waals surface area contributed by atoms with Crippen molar-refractivity contribution >= 4 is 0 Å². The lowest BCUT2D eigenvalue weighted by Gasteiger charge is -2.10. The summed E-state index contributed by atoms with van der Waals surface area (Å²) >= 11 is 0. The number of aliphatic hydroxyl groups is 1. The maximum absolute atomic E-state index is 8.51. The molecule has 0 aromatic heterocycles. The number of methoxy groups -OCH3 is 1. The third-order valence-electron chi connectivity index (χ3n) is 1.26. The third kappa shape index (κ3) is 6.09. The van der Waals surface area contributed by atoms with Gasteiger partial charge in [-0.3, -0.25) is 0 Å². The van der Waals surface area contributed by atoms with Crippen LogP contribution in [0.2, 0.25) is 0 Å². The first-order chi connectivity index (χ1) is 5.85. The fraction of sp³-hybridized carbons (Fsp3) is 0.556. The van der Waals surface area contributed by atoms with E-state index in [0.717, 1.165) is 6.42 Å². The molecule has 0 aromatic rings. The Morgan fingerprint density at radius 2 is 2.33 bits per heavy atom. The van der Waals surface area contributed by atoms with E-state index < -0.39 is 0 Å². The summed E-state index contributed by atoms with van der Waals surface area (Å²) in [5.41, 5.74) is 0. The van der Waals surface area contributed by atoms with Gasteiger partial charge in [-0.2, -0.15) is 0 Å². The van der Waals surface area contributed by atoms with Crippen LogP contribution >= 0.6 is 0 Å². The molecule has 0 unspecified atom stereocenters. The zero-order valence-corrected chi connectivity index (χ0v) is 7.40. The summed E-state index contributed by atoms with van der Waals surface area (Å²) in [5, 5.41) is 8.51. The summed E-state index contributed by atoms with van der Waals surface area (Å²) in [6.45, 7) is 3.89. The molecule has 0 aromatic carbocycles. The maximum Gasteiger partial charge on any atom is 0.147 e. The minimum atomic E-state index is -0.0467. The van der Waals surface area contributed by atoms with Crippen LogP contribution in [0.3, 0.4) is 0 Å². The van der Waals surface area contributed by atoms with Gasteiger partial charge in [0.2, 0.25) is 0 Å². The van der Waals surface area contributed by atoms with Crippen molar-refractivity contribution in [3.8, 4) is 0 Å². The van der Waals surface area contributed by atoms with Crippen molar-refractivity contribution in [3.63, 3.8) is 0 Å². The van der Waals surface area contributed by atoms with E-state index in [0.29, 0.717) is 0 Å². The Bertz CT molecular complexity index is 132. The zero-order chi connectivity index (χ0) is 9.23. The molecule has 0 aliphatic carbocycles. The molecule has 0 spiro atoms. The fourth-order valence-electron chi connectivity index (χ4n) is 0.735. The average Bonchev–Trinajstić information content (AvgIpc) is 2.10. The third-order valence-corrected chi connectivity index (χ3v) is 1.26. The van der Waals surface area contributed by atoms with Crippen LogP contribution in [0.4, 0.5) is 0 Å². The summed E-state index contributed by atoms with van der Waals surface area (Å²) in [4.78, 5) is 0. The topological polar surface area (TPSA) is 38.7 Å². The van der Waals surface area contributed by atoms with Gasteiger partial charge in [0.1, 0.15) is 6.79 Å². The standard InChI is InChI=1S/C9H16O3/c1-3-5-9(6-4-7-10)12-8-11-2/h3-4,6,9-10H,1,5,7-8H2,2H3/b6-4+/t9-/m1/s1. The van der Waals surface area contributed by atoms with Crippen molar-refractivity contribution in [1.82, 2.24) is 0 Å². The Kier molecular flexibility index (Phi) is 8.01. The van der Waals surface area contributed by atoms with E-state index in [4.69, 9.17) is 14.6 Å². The largest absolute Gasteiger partial charge is 0.392 e. The summed E-state index contributed by atoms with van der Waals surface area (Å²) < 4.78 is 9.99. The van der Waals surface area contributed by atoms with Gasteiger partial charge >= 0.3 is 0 Å². The second kappa shape index (κ2) is 8.46. The van der Waals surface area contributed by atoms with E-state index in [-0.39, 0.29) is 19.5 Å². The number of hydrogen-bond donors (Lipinski definition) is 1. The van der Waals surface area contributed by atoms with Crippen LogP contribution in [0.15, 0.2) is 24.8 Å². The van der Waals surface area contributed by atoms with Crippen LogP contribution in [0.1, 0.15) is 6.42 Å². The van der Waals surface area contributed by atoms with Crippen molar-refractivity contribution in [1.29, 1.82) is 0 Å². The first-order valence-electron chi connectivity index (χ1n) is 3.84. The SMILES string of the molecule is C=CC[C@H](/C=C/CO)OCOC. The van der Waals surface area contributed by atoms with Gasteiger partial charge in [0, 0.05) is 7.11 Å². The van der Waals surface area contributed by atoms with Crippen LogP contribution in [-0.2, 0) is 9.47 Å². The monoisotopic (exact) mass is 172 g/mol. The molecule has 1 N–H and O–H groups in total. The van der Waals surface area contributed by atoms with Crippen molar-refractivity contribution in [2.24, 2.45) is 0 Å². The Labute approximate surface area is 73.3 Å². The van der Waals surface area contributed by atoms with Crippen LogP contribution in [0.5, 0.6) is 0 Å². The van der Waals surface area contributed by atoms with Gasteiger partial charge < -0.3 is 14.6 Å². The van der Waals surface area contributed by atoms with Crippen molar-refractivity contribution < 1.29 is 14.6 Å². The first kappa shape index (κ1) is 11.4. The lowest BCUT2D eigenvalue weighted by atomic mass is 10.2.